The lowest BCUT2D eigenvalue weighted by Crippen LogP contribution is -2.21. The highest BCUT2D eigenvalue weighted by Crippen LogP contribution is 2.11. The minimum atomic E-state index is 0.204. The van der Waals surface area contributed by atoms with E-state index in [4.69, 9.17) is 10.5 Å². The monoisotopic (exact) mass is 268 g/mol. The molecule has 1 heterocycles. The van der Waals surface area contributed by atoms with Crippen LogP contribution in [0.25, 0.3) is 0 Å². The number of thioether (sulfide) groups is 1. The summed E-state index contributed by atoms with van der Waals surface area (Å²) in [6.07, 6.45) is 4.70. The van der Waals surface area contributed by atoms with Gasteiger partial charge in [-0.3, -0.25) is 4.98 Å². The molecule has 1 atom stereocenters. The van der Waals surface area contributed by atoms with Crippen molar-refractivity contribution >= 4 is 11.8 Å². The van der Waals surface area contributed by atoms with Gasteiger partial charge in [-0.15, -0.1) is 0 Å². The topological polar surface area (TPSA) is 48.1 Å². The number of rotatable bonds is 9. The van der Waals surface area contributed by atoms with Crippen molar-refractivity contribution in [2.45, 2.75) is 39.2 Å². The van der Waals surface area contributed by atoms with Gasteiger partial charge in [0.2, 0.25) is 0 Å². The number of aromatic nitrogens is 1. The highest BCUT2D eigenvalue weighted by Gasteiger charge is 2.03. The molecule has 0 amide bonds. The quantitative estimate of drug-likeness (QED) is 0.700. The molecule has 0 saturated carbocycles. The maximum Gasteiger partial charge on any atom is 0.137 e. The van der Waals surface area contributed by atoms with Crippen LogP contribution in [0.3, 0.4) is 0 Å². The van der Waals surface area contributed by atoms with Gasteiger partial charge in [0.1, 0.15) is 5.75 Å². The molecule has 1 aromatic heterocycles. The van der Waals surface area contributed by atoms with Crippen LogP contribution in [0.4, 0.5) is 0 Å². The molecule has 1 unspecified atom stereocenters. The van der Waals surface area contributed by atoms with Gasteiger partial charge in [0.05, 0.1) is 12.8 Å². The molecule has 0 saturated heterocycles. The largest absolute Gasteiger partial charge is 0.492 e. The Bertz CT molecular complexity index is 316. The van der Waals surface area contributed by atoms with Gasteiger partial charge < -0.3 is 10.5 Å². The van der Waals surface area contributed by atoms with Crippen LogP contribution in [0.15, 0.2) is 18.3 Å². The highest BCUT2D eigenvalue weighted by atomic mass is 32.2. The summed E-state index contributed by atoms with van der Waals surface area (Å²) >= 11 is 1.95. The van der Waals surface area contributed by atoms with Crippen LogP contribution in [0.1, 0.15) is 32.4 Å². The zero-order valence-electron chi connectivity index (χ0n) is 11.4. The zero-order valence-corrected chi connectivity index (χ0v) is 12.2. The van der Waals surface area contributed by atoms with Crippen molar-refractivity contribution in [2.24, 2.45) is 5.73 Å². The van der Waals surface area contributed by atoms with Crippen LogP contribution in [0.2, 0.25) is 0 Å². The molecule has 0 aliphatic heterocycles. The second kappa shape index (κ2) is 9.22. The molecule has 18 heavy (non-hydrogen) atoms. The van der Waals surface area contributed by atoms with Gasteiger partial charge >= 0.3 is 0 Å². The minimum Gasteiger partial charge on any atom is -0.492 e. The summed E-state index contributed by atoms with van der Waals surface area (Å²) < 4.78 is 5.63. The fraction of sp³-hybridized carbons (Fsp3) is 0.643. The first-order valence-electron chi connectivity index (χ1n) is 6.67. The number of nitrogens with zero attached hydrogens (tertiary/aromatic N) is 1. The normalized spacial score (nSPS) is 12.4. The SMILES string of the molecule is CCSCCCOc1ccc(CC(N)CC)nc1. The lowest BCUT2D eigenvalue weighted by atomic mass is 10.1. The fourth-order valence-electron chi connectivity index (χ4n) is 1.53. The van der Waals surface area contributed by atoms with Gasteiger partial charge in [0.15, 0.2) is 0 Å². The lowest BCUT2D eigenvalue weighted by molar-refractivity contribution is 0.317. The summed E-state index contributed by atoms with van der Waals surface area (Å²) in [6, 6.07) is 4.19. The summed E-state index contributed by atoms with van der Waals surface area (Å²) in [5.74, 6) is 3.19. The molecule has 0 aromatic carbocycles. The zero-order chi connectivity index (χ0) is 13.2. The Kier molecular flexibility index (Phi) is 7.85. The third kappa shape index (κ3) is 6.26. The van der Waals surface area contributed by atoms with Crippen molar-refractivity contribution in [3.63, 3.8) is 0 Å². The molecular weight excluding hydrogens is 244 g/mol. The van der Waals surface area contributed by atoms with Crippen molar-refractivity contribution in [3.05, 3.63) is 24.0 Å². The fourth-order valence-corrected chi connectivity index (χ4v) is 2.14. The van der Waals surface area contributed by atoms with Crippen molar-refractivity contribution in [2.75, 3.05) is 18.1 Å². The van der Waals surface area contributed by atoms with Crippen LogP contribution < -0.4 is 10.5 Å². The van der Waals surface area contributed by atoms with Crippen molar-refractivity contribution < 1.29 is 4.74 Å². The van der Waals surface area contributed by atoms with Crippen LogP contribution in [0, 0.1) is 0 Å². The number of pyridine rings is 1. The number of hydrogen-bond donors (Lipinski definition) is 1. The molecule has 0 aliphatic carbocycles. The maximum atomic E-state index is 5.90. The second-order valence-corrected chi connectivity index (χ2v) is 5.65. The van der Waals surface area contributed by atoms with E-state index in [1.54, 1.807) is 6.20 Å². The van der Waals surface area contributed by atoms with Gasteiger partial charge in [0, 0.05) is 18.2 Å². The Hall–Kier alpha value is -0.740. The van der Waals surface area contributed by atoms with E-state index in [9.17, 15) is 0 Å². The molecule has 2 N–H and O–H groups in total. The number of ether oxygens (including phenoxy) is 1. The van der Waals surface area contributed by atoms with Crippen molar-refractivity contribution in [1.29, 1.82) is 0 Å². The van der Waals surface area contributed by atoms with E-state index in [-0.39, 0.29) is 6.04 Å². The number of hydrogen-bond acceptors (Lipinski definition) is 4. The molecule has 0 fully saturated rings. The number of nitrogens with two attached hydrogens (primary N) is 1. The molecule has 0 bridgehead atoms. The van der Waals surface area contributed by atoms with Gasteiger partial charge in [-0.25, -0.2) is 0 Å². The average molecular weight is 268 g/mol. The first-order valence-corrected chi connectivity index (χ1v) is 7.82. The van der Waals surface area contributed by atoms with E-state index in [1.807, 2.05) is 23.9 Å². The molecule has 0 spiro atoms. The van der Waals surface area contributed by atoms with E-state index in [0.29, 0.717) is 0 Å². The smallest absolute Gasteiger partial charge is 0.137 e. The van der Waals surface area contributed by atoms with E-state index < -0.39 is 0 Å². The van der Waals surface area contributed by atoms with E-state index >= 15 is 0 Å². The Morgan fingerprint density at radius 1 is 1.39 bits per heavy atom. The Morgan fingerprint density at radius 2 is 2.22 bits per heavy atom. The van der Waals surface area contributed by atoms with Gasteiger partial charge in [-0.05, 0) is 36.5 Å². The Morgan fingerprint density at radius 3 is 2.83 bits per heavy atom. The summed E-state index contributed by atoms with van der Waals surface area (Å²) in [7, 11) is 0. The molecule has 102 valence electrons. The van der Waals surface area contributed by atoms with E-state index in [1.165, 1.54) is 5.75 Å². The molecule has 1 rings (SSSR count). The molecule has 3 nitrogen and oxygen atoms in total. The van der Waals surface area contributed by atoms with Crippen molar-refractivity contribution in [3.8, 4) is 5.75 Å². The standard InChI is InChI=1S/C14H24N2OS/c1-3-12(15)10-13-6-7-14(11-16-13)17-8-5-9-18-4-2/h6-7,11-12H,3-5,8-10,15H2,1-2H3. The molecular formula is C14H24N2OS. The summed E-state index contributed by atoms with van der Waals surface area (Å²) in [5.41, 5.74) is 6.94. The van der Waals surface area contributed by atoms with Crippen LogP contribution in [-0.2, 0) is 6.42 Å². The van der Waals surface area contributed by atoms with Gasteiger partial charge in [0.25, 0.3) is 0 Å². The second-order valence-electron chi connectivity index (χ2n) is 4.26. The molecule has 0 radical (unpaired) electrons. The third-order valence-corrected chi connectivity index (χ3v) is 3.68. The minimum absolute atomic E-state index is 0.204. The van der Waals surface area contributed by atoms with Gasteiger partial charge in [-0.1, -0.05) is 13.8 Å². The average Bonchev–Trinajstić information content (AvgIpc) is 2.40. The van der Waals surface area contributed by atoms with Crippen LogP contribution in [0.5, 0.6) is 5.75 Å². The summed E-state index contributed by atoms with van der Waals surface area (Å²) in [5, 5.41) is 0. The molecule has 1 aromatic rings. The Labute approximate surface area is 115 Å². The van der Waals surface area contributed by atoms with Crippen LogP contribution in [-0.4, -0.2) is 29.1 Å². The first kappa shape index (κ1) is 15.3. The van der Waals surface area contributed by atoms with Crippen LogP contribution >= 0.6 is 11.8 Å². The third-order valence-electron chi connectivity index (χ3n) is 2.70. The van der Waals surface area contributed by atoms with E-state index in [2.05, 4.69) is 18.8 Å². The Balaban J connectivity index is 2.27. The van der Waals surface area contributed by atoms with Gasteiger partial charge in [-0.2, -0.15) is 11.8 Å². The predicted molar refractivity (Wildman–Crippen MR) is 79.3 cm³/mol. The molecule has 0 aliphatic rings. The summed E-state index contributed by atoms with van der Waals surface area (Å²) in [6.45, 7) is 5.04. The molecule has 4 heteroatoms. The maximum absolute atomic E-state index is 5.90. The van der Waals surface area contributed by atoms with Crippen molar-refractivity contribution in [1.82, 2.24) is 4.98 Å². The summed E-state index contributed by atoms with van der Waals surface area (Å²) in [4.78, 5) is 4.37. The first-order chi connectivity index (χ1) is 8.76. The lowest BCUT2D eigenvalue weighted by Gasteiger charge is -2.09. The van der Waals surface area contributed by atoms with E-state index in [0.717, 1.165) is 43.1 Å². The predicted octanol–water partition coefficient (Wildman–Crippen LogP) is 2.88. The highest BCUT2D eigenvalue weighted by molar-refractivity contribution is 7.99.